The molecule has 0 heterocycles. The van der Waals surface area contributed by atoms with Crippen molar-refractivity contribution < 1.29 is 4.39 Å². The highest BCUT2D eigenvalue weighted by Crippen LogP contribution is 2.30. The standard InChI is InChI=1S/C17H10ClFN2/c18-12-7-13(19)9-14(8-12)21-17-6-5-11(10-20)15-3-1-2-4-16(15)17/h1-9,21H. The molecule has 0 fully saturated rings. The maximum atomic E-state index is 13.4. The van der Waals surface area contributed by atoms with E-state index in [1.165, 1.54) is 12.1 Å². The number of hydrogen-bond acceptors (Lipinski definition) is 2. The van der Waals surface area contributed by atoms with E-state index < -0.39 is 5.82 Å². The Morgan fingerprint density at radius 3 is 2.48 bits per heavy atom. The monoisotopic (exact) mass is 296 g/mol. The first-order valence-corrected chi connectivity index (χ1v) is 6.70. The summed E-state index contributed by atoms with van der Waals surface area (Å²) in [6.45, 7) is 0. The van der Waals surface area contributed by atoms with E-state index in [-0.39, 0.29) is 0 Å². The first-order chi connectivity index (χ1) is 10.2. The van der Waals surface area contributed by atoms with Crippen molar-refractivity contribution in [3.63, 3.8) is 0 Å². The Labute approximate surface area is 126 Å². The molecule has 0 aliphatic heterocycles. The van der Waals surface area contributed by atoms with Crippen LogP contribution in [0.5, 0.6) is 0 Å². The molecule has 2 nitrogen and oxygen atoms in total. The lowest BCUT2D eigenvalue weighted by molar-refractivity contribution is 0.628. The highest BCUT2D eigenvalue weighted by Gasteiger charge is 2.06. The first-order valence-electron chi connectivity index (χ1n) is 6.32. The van der Waals surface area contributed by atoms with Gasteiger partial charge in [-0.25, -0.2) is 4.39 Å². The molecule has 102 valence electrons. The summed E-state index contributed by atoms with van der Waals surface area (Å²) >= 11 is 5.86. The van der Waals surface area contributed by atoms with Crippen molar-refractivity contribution in [1.82, 2.24) is 0 Å². The lowest BCUT2D eigenvalue weighted by Crippen LogP contribution is -1.93. The largest absolute Gasteiger partial charge is 0.355 e. The van der Waals surface area contributed by atoms with Gasteiger partial charge >= 0.3 is 0 Å². The summed E-state index contributed by atoms with van der Waals surface area (Å²) in [5, 5.41) is 14.4. The topological polar surface area (TPSA) is 35.8 Å². The minimum atomic E-state index is -0.400. The summed E-state index contributed by atoms with van der Waals surface area (Å²) in [4.78, 5) is 0. The Bertz CT molecular complexity index is 848. The van der Waals surface area contributed by atoms with E-state index in [1.807, 2.05) is 24.3 Å². The van der Waals surface area contributed by atoms with E-state index in [0.29, 0.717) is 16.3 Å². The van der Waals surface area contributed by atoms with E-state index in [2.05, 4.69) is 11.4 Å². The van der Waals surface area contributed by atoms with Crippen LogP contribution in [-0.2, 0) is 0 Å². The Kier molecular flexibility index (Phi) is 3.47. The minimum absolute atomic E-state index is 0.329. The van der Waals surface area contributed by atoms with Gasteiger partial charge < -0.3 is 5.32 Å². The van der Waals surface area contributed by atoms with Crippen LogP contribution in [0.3, 0.4) is 0 Å². The van der Waals surface area contributed by atoms with Gasteiger partial charge in [0, 0.05) is 27.2 Å². The molecule has 0 bridgehead atoms. The molecule has 4 heteroatoms. The van der Waals surface area contributed by atoms with Crippen LogP contribution >= 0.6 is 11.6 Å². The number of hydrogen-bond donors (Lipinski definition) is 1. The molecule has 0 saturated heterocycles. The van der Waals surface area contributed by atoms with Crippen LogP contribution in [0, 0.1) is 17.1 Å². The van der Waals surface area contributed by atoms with Gasteiger partial charge in [0.05, 0.1) is 11.6 Å². The molecule has 3 aromatic rings. The van der Waals surface area contributed by atoms with E-state index >= 15 is 0 Å². The quantitative estimate of drug-likeness (QED) is 0.701. The van der Waals surface area contributed by atoms with Crippen molar-refractivity contribution in [2.24, 2.45) is 0 Å². The Balaban J connectivity index is 2.11. The van der Waals surface area contributed by atoms with Gasteiger partial charge in [-0.05, 0) is 30.3 Å². The smallest absolute Gasteiger partial charge is 0.126 e. The molecule has 0 unspecified atom stereocenters. The van der Waals surface area contributed by atoms with Gasteiger partial charge in [-0.15, -0.1) is 0 Å². The highest BCUT2D eigenvalue weighted by molar-refractivity contribution is 6.30. The second kappa shape index (κ2) is 5.43. The fourth-order valence-electron chi connectivity index (χ4n) is 2.29. The molecule has 0 aromatic heterocycles. The summed E-state index contributed by atoms with van der Waals surface area (Å²) in [7, 11) is 0. The molecule has 0 saturated carbocycles. The average molecular weight is 297 g/mol. The Morgan fingerprint density at radius 2 is 1.76 bits per heavy atom. The van der Waals surface area contributed by atoms with Gasteiger partial charge in [0.1, 0.15) is 5.82 Å². The Morgan fingerprint density at radius 1 is 1.00 bits per heavy atom. The molecule has 3 rings (SSSR count). The fraction of sp³-hybridized carbons (Fsp3) is 0. The summed E-state index contributed by atoms with van der Waals surface area (Å²) in [5.41, 5.74) is 1.97. The molecule has 0 aliphatic carbocycles. The van der Waals surface area contributed by atoms with Gasteiger partial charge in [-0.3, -0.25) is 0 Å². The van der Waals surface area contributed by atoms with Crippen molar-refractivity contribution in [3.8, 4) is 6.07 Å². The van der Waals surface area contributed by atoms with Crippen molar-refractivity contribution >= 4 is 33.7 Å². The van der Waals surface area contributed by atoms with Crippen LogP contribution < -0.4 is 5.32 Å². The van der Waals surface area contributed by atoms with Crippen LogP contribution in [0.25, 0.3) is 10.8 Å². The maximum absolute atomic E-state index is 13.4. The zero-order valence-electron chi connectivity index (χ0n) is 10.9. The molecule has 21 heavy (non-hydrogen) atoms. The number of halogens is 2. The van der Waals surface area contributed by atoms with Crippen LogP contribution in [0.2, 0.25) is 5.02 Å². The van der Waals surface area contributed by atoms with Crippen molar-refractivity contribution in [2.45, 2.75) is 0 Å². The lowest BCUT2D eigenvalue weighted by atomic mass is 10.0. The SMILES string of the molecule is N#Cc1ccc(Nc2cc(F)cc(Cl)c2)c2ccccc12. The molecular formula is C17H10ClFN2. The first kappa shape index (κ1) is 13.4. The van der Waals surface area contributed by atoms with Gasteiger partial charge in [0.25, 0.3) is 0 Å². The predicted molar refractivity (Wildman–Crippen MR) is 83.4 cm³/mol. The number of fused-ring (bicyclic) bond motifs is 1. The molecule has 0 atom stereocenters. The lowest BCUT2D eigenvalue weighted by Gasteiger charge is -2.11. The summed E-state index contributed by atoms with van der Waals surface area (Å²) in [6.07, 6.45) is 0. The van der Waals surface area contributed by atoms with Crippen molar-refractivity contribution in [1.29, 1.82) is 5.26 Å². The maximum Gasteiger partial charge on any atom is 0.126 e. The number of rotatable bonds is 2. The molecule has 0 amide bonds. The normalized spacial score (nSPS) is 10.3. The van der Waals surface area contributed by atoms with Crippen LogP contribution in [0.15, 0.2) is 54.6 Å². The zero-order chi connectivity index (χ0) is 14.8. The van der Waals surface area contributed by atoms with E-state index in [0.717, 1.165) is 16.5 Å². The van der Waals surface area contributed by atoms with Gasteiger partial charge in [0.15, 0.2) is 0 Å². The molecular weight excluding hydrogens is 287 g/mol. The number of anilines is 2. The van der Waals surface area contributed by atoms with Gasteiger partial charge in [-0.1, -0.05) is 35.9 Å². The average Bonchev–Trinajstić information content (AvgIpc) is 2.46. The zero-order valence-corrected chi connectivity index (χ0v) is 11.7. The van der Waals surface area contributed by atoms with E-state index in [4.69, 9.17) is 16.9 Å². The predicted octanol–water partition coefficient (Wildman–Crippen LogP) is 5.25. The third-order valence-electron chi connectivity index (χ3n) is 3.19. The second-order valence-corrected chi connectivity index (χ2v) is 5.04. The molecule has 0 radical (unpaired) electrons. The number of nitrogens with one attached hydrogen (secondary N) is 1. The number of nitriles is 1. The number of nitrogens with zero attached hydrogens (tertiary/aromatic N) is 1. The molecule has 0 spiro atoms. The third kappa shape index (κ3) is 2.67. The van der Waals surface area contributed by atoms with E-state index in [1.54, 1.807) is 18.2 Å². The van der Waals surface area contributed by atoms with Gasteiger partial charge in [0.2, 0.25) is 0 Å². The van der Waals surface area contributed by atoms with Crippen LogP contribution in [-0.4, -0.2) is 0 Å². The number of benzene rings is 3. The molecule has 0 aliphatic rings. The minimum Gasteiger partial charge on any atom is -0.355 e. The summed E-state index contributed by atoms with van der Waals surface area (Å²) in [5.74, 6) is -0.400. The van der Waals surface area contributed by atoms with E-state index in [9.17, 15) is 4.39 Å². The highest BCUT2D eigenvalue weighted by atomic mass is 35.5. The summed E-state index contributed by atoms with van der Waals surface area (Å²) in [6, 6.07) is 17.6. The Hall–Kier alpha value is -2.57. The summed E-state index contributed by atoms with van der Waals surface area (Å²) < 4.78 is 13.4. The van der Waals surface area contributed by atoms with Crippen LogP contribution in [0.4, 0.5) is 15.8 Å². The third-order valence-corrected chi connectivity index (χ3v) is 3.40. The van der Waals surface area contributed by atoms with Crippen molar-refractivity contribution in [2.75, 3.05) is 5.32 Å². The van der Waals surface area contributed by atoms with Crippen LogP contribution in [0.1, 0.15) is 5.56 Å². The molecule has 1 N–H and O–H groups in total. The van der Waals surface area contributed by atoms with Gasteiger partial charge in [-0.2, -0.15) is 5.26 Å². The fourth-order valence-corrected chi connectivity index (χ4v) is 2.51. The second-order valence-electron chi connectivity index (χ2n) is 4.60. The van der Waals surface area contributed by atoms with Crippen molar-refractivity contribution in [3.05, 3.63) is 71.0 Å². The molecule has 3 aromatic carbocycles.